The predicted octanol–water partition coefficient (Wildman–Crippen LogP) is 1.03. The van der Waals surface area contributed by atoms with E-state index in [1.807, 2.05) is 27.3 Å². The summed E-state index contributed by atoms with van der Waals surface area (Å²) in [5.74, 6) is 3.62. The second-order valence-electron chi connectivity index (χ2n) is 8.00. The molecule has 0 spiro atoms. The molecule has 29 heavy (non-hydrogen) atoms. The third kappa shape index (κ3) is 3.37. The Labute approximate surface area is 173 Å². The van der Waals surface area contributed by atoms with Gasteiger partial charge in [0.1, 0.15) is 23.5 Å². The number of nitrogen functional groups attached to an aromatic ring is 1. The van der Waals surface area contributed by atoms with E-state index in [1.165, 1.54) is 6.33 Å². The van der Waals surface area contributed by atoms with Crippen molar-refractivity contribution in [1.82, 2.24) is 19.4 Å². The Hall–Kier alpha value is -2.55. The lowest BCUT2D eigenvalue weighted by Gasteiger charge is -2.43. The van der Waals surface area contributed by atoms with Crippen LogP contribution in [0.1, 0.15) is 28.4 Å². The summed E-state index contributed by atoms with van der Waals surface area (Å²) in [4.78, 5) is 38.5. The molecule has 3 aliphatic heterocycles. The zero-order chi connectivity index (χ0) is 20.0. The average Bonchev–Trinajstić information content (AvgIpc) is 2.74. The number of aromatic nitrogens is 3. The van der Waals surface area contributed by atoms with Gasteiger partial charge in [-0.05, 0) is 24.5 Å². The zero-order valence-corrected chi connectivity index (χ0v) is 17.0. The van der Waals surface area contributed by atoms with Gasteiger partial charge in [0.15, 0.2) is 0 Å². The first-order valence-electron chi connectivity index (χ1n) is 10.0. The van der Waals surface area contributed by atoms with Crippen molar-refractivity contribution in [3.63, 3.8) is 0 Å². The lowest BCUT2D eigenvalue weighted by molar-refractivity contribution is 0.0769. The van der Waals surface area contributed by atoms with Crippen molar-refractivity contribution in [2.45, 2.75) is 18.9 Å². The van der Waals surface area contributed by atoms with E-state index in [1.54, 1.807) is 12.1 Å². The first kappa shape index (κ1) is 18.5. The van der Waals surface area contributed by atoms with Gasteiger partial charge in [-0.2, -0.15) is 11.8 Å². The Morgan fingerprint density at radius 2 is 1.97 bits per heavy atom. The number of hydrogen-bond donors (Lipinski definition) is 1. The molecule has 2 aromatic heterocycles. The maximum absolute atomic E-state index is 13.2. The molecule has 1 amide bonds. The molecule has 152 valence electrons. The minimum Gasteiger partial charge on any atom is -0.384 e. The van der Waals surface area contributed by atoms with E-state index < -0.39 is 0 Å². The van der Waals surface area contributed by atoms with Crippen LogP contribution in [0.4, 0.5) is 11.6 Å². The van der Waals surface area contributed by atoms with Crippen molar-refractivity contribution in [1.29, 1.82) is 0 Å². The molecule has 2 saturated heterocycles. The molecule has 0 aromatic carbocycles. The quantitative estimate of drug-likeness (QED) is 0.787. The third-order valence-corrected chi connectivity index (χ3v) is 7.07. The molecular formula is C20H24N6O2S. The van der Waals surface area contributed by atoms with Gasteiger partial charge in [0, 0.05) is 61.9 Å². The second-order valence-corrected chi connectivity index (χ2v) is 9.22. The lowest BCUT2D eigenvalue weighted by atomic mass is 9.83. The zero-order valence-electron chi connectivity index (χ0n) is 16.2. The van der Waals surface area contributed by atoms with Crippen LogP contribution in [0.2, 0.25) is 0 Å². The normalized spacial score (nSPS) is 23.6. The largest absolute Gasteiger partial charge is 0.384 e. The van der Waals surface area contributed by atoms with Gasteiger partial charge >= 0.3 is 0 Å². The number of carbonyl (C=O) groups excluding carboxylic acids is 1. The lowest BCUT2D eigenvalue weighted by Crippen LogP contribution is -2.49. The summed E-state index contributed by atoms with van der Waals surface area (Å²) in [6, 6.07) is 5.51. The number of amides is 1. The monoisotopic (exact) mass is 412 g/mol. The van der Waals surface area contributed by atoms with Gasteiger partial charge in [0.05, 0.1) is 0 Å². The molecule has 0 radical (unpaired) electrons. The van der Waals surface area contributed by atoms with Crippen LogP contribution in [-0.4, -0.2) is 63.0 Å². The van der Waals surface area contributed by atoms with E-state index in [0.29, 0.717) is 36.9 Å². The van der Waals surface area contributed by atoms with Crippen LogP contribution >= 0.6 is 11.8 Å². The molecule has 2 bridgehead atoms. The highest BCUT2D eigenvalue weighted by Gasteiger charge is 2.36. The van der Waals surface area contributed by atoms with Gasteiger partial charge in [-0.25, -0.2) is 9.97 Å². The van der Waals surface area contributed by atoms with Crippen LogP contribution in [0.15, 0.2) is 29.3 Å². The maximum atomic E-state index is 13.2. The van der Waals surface area contributed by atoms with Gasteiger partial charge in [-0.1, -0.05) is 0 Å². The number of piperidine rings is 1. The molecule has 5 heterocycles. The predicted molar refractivity (Wildman–Crippen MR) is 113 cm³/mol. The number of hydrogen-bond acceptors (Lipinski definition) is 7. The third-order valence-electron chi connectivity index (χ3n) is 6.13. The van der Waals surface area contributed by atoms with Crippen molar-refractivity contribution < 1.29 is 4.79 Å². The summed E-state index contributed by atoms with van der Waals surface area (Å²) in [7, 11) is 0. The number of carbonyl (C=O) groups is 1. The minimum atomic E-state index is -0.139. The standard InChI is InChI=1S/C20H24N6O2S/c21-17-8-18(23-12-22-17)25-9-13-7-14(11-25)16-2-1-15(20(28)26(16)10-13)19(27)24-3-5-29-6-4-24/h1-2,8,12-14H,3-7,9-11H2,(H2,21,22,23)/t13-,14+/m0/s1. The number of anilines is 2. The van der Waals surface area contributed by atoms with E-state index in [-0.39, 0.29) is 17.4 Å². The van der Waals surface area contributed by atoms with E-state index in [0.717, 1.165) is 42.5 Å². The molecule has 8 nitrogen and oxygen atoms in total. The van der Waals surface area contributed by atoms with E-state index >= 15 is 0 Å². The summed E-state index contributed by atoms with van der Waals surface area (Å²) < 4.78 is 1.84. The van der Waals surface area contributed by atoms with Crippen molar-refractivity contribution in [3.8, 4) is 0 Å². The highest BCUT2D eigenvalue weighted by Crippen LogP contribution is 2.36. The van der Waals surface area contributed by atoms with Crippen molar-refractivity contribution in [2.75, 3.05) is 48.3 Å². The van der Waals surface area contributed by atoms with Gasteiger partial charge in [-0.3, -0.25) is 9.59 Å². The Morgan fingerprint density at radius 1 is 1.14 bits per heavy atom. The van der Waals surface area contributed by atoms with E-state index in [4.69, 9.17) is 5.73 Å². The van der Waals surface area contributed by atoms with Gasteiger partial charge in [-0.15, -0.1) is 0 Å². The Kier molecular flexibility index (Phi) is 4.69. The number of nitrogens with zero attached hydrogens (tertiary/aromatic N) is 5. The van der Waals surface area contributed by atoms with Crippen LogP contribution in [0.5, 0.6) is 0 Å². The molecule has 2 aromatic rings. The molecule has 2 fully saturated rings. The Balaban J connectivity index is 1.43. The molecular weight excluding hydrogens is 388 g/mol. The topological polar surface area (TPSA) is 97.3 Å². The maximum Gasteiger partial charge on any atom is 0.263 e. The molecule has 3 aliphatic rings. The fourth-order valence-corrected chi connectivity index (χ4v) is 5.67. The molecule has 0 unspecified atom stereocenters. The van der Waals surface area contributed by atoms with Gasteiger partial charge < -0.3 is 20.1 Å². The van der Waals surface area contributed by atoms with Crippen LogP contribution in [0, 0.1) is 5.92 Å². The number of thioether (sulfide) groups is 1. The first-order chi connectivity index (χ1) is 14.1. The summed E-state index contributed by atoms with van der Waals surface area (Å²) in [5, 5.41) is 0. The molecule has 0 saturated carbocycles. The molecule has 0 aliphatic carbocycles. The van der Waals surface area contributed by atoms with Gasteiger partial charge in [0.25, 0.3) is 11.5 Å². The summed E-state index contributed by atoms with van der Waals surface area (Å²) in [6.07, 6.45) is 2.54. The number of nitrogens with two attached hydrogens (primary N) is 1. The minimum absolute atomic E-state index is 0.126. The van der Waals surface area contributed by atoms with Crippen LogP contribution in [0.25, 0.3) is 0 Å². The molecule has 2 N–H and O–H groups in total. The average molecular weight is 413 g/mol. The van der Waals surface area contributed by atoms with Gasteiger partial charge in [0.2, 0.25) is 0 Å². The SMILES string of the molecule is Nc1cc(N2C[C@@H]3C[C@H](C2)c2ccc(C(=O)N4CCSCC4)c(=O)n2C3)ncn1. The van der Waals surface area contributed by atoms with Crippen LogP contribution in [-0.2, 0) is 6.54 Å². The smallest absolute Gasteiger partial charge is 0.263 e. The number of pyridine rings is 1. The Morgan fingerprint density at radius 3 is 2.76 bits per heavy atom. The second kappa shape index (κ2) is 7.37. The number of fused-ring (bicyclic) bond motifs is 4. The Bertz CT molecular complexity index is 1000. The first-order valence-corrected chi connectivity index (χ1v) is 11.2. The molecule has 9 heteroatoms. The van der Waals surface area contributed by atoms with E-state index in [9.17, 15) is 9.59 Å². The van der Waals surface area contributed by atoms with E-state index in [2.05, 4.69) is 14.9 Å². The fraction of sp³-hybridized carbons (Fsp3) is 0.500. The summed E-state index contributed by atoms with van der Waals surface area (Å²) in [6.45, 7) is 3.67. The highest BCUT2D eigenvalue weighted by molar-refractivity contribution is 7.99. The van der Waals surface area contributed by atoms with Crippen molar-refractivity contribution in [3.05, 3.63) is 46.1 Å². The van der Waals surface area contributed by atoms with Crippen LogP contribution < -0.4 is 16.2 Å². The summed E-state index contributed by atoms with van der Waals surface area (Å²) >= 11 is 1.85. The molecule has 5 rings (SSSR count). The summed E-state index contributed by atoms with van der Waals surface area (Å²) in [5.41, 5.74) is 7.01. The van der Waals surface area contributed by atoms with Crippen molar-refractivity contribution >= 4 is 29.3 Å². The van der Waals surface area contributed by atoms with Crippen molar-refractivity contribution in [2.24, 2.45) is 5.92 Å². The fourth-order valence-electron chi connectivity index (χ4n) is 4.77. The van der Waals surface area contributed by atoms with Crippen LogP contribution in [0.3, 0.4) is 0 Å². The highest BCUT2D eigenvalue weighted by atomic mass is 32.2. The molecule has 2 atom stereocenters. The number of rotatable bonds is 2.